The molecule has 5 rings (SSSR count). The Labute approximate surface area is 223 Å². The van der Waals surface area contributed by atoms with Crippen LogP contribution in [0, 0.1) is 39.3 Å². The predicted molar refractivity (Wildman–Crippen MR) is 144 cm³/mol. The number of nitrogens with zero attached hydrogens (tertiary/aromatic N) is 3. The molecule has 1 amide bonds. The quantitative estimate of drug-likeness (QED) is 0.257. The molecule has 3 aromatic heterocycles. The van der Waals surface area contributed by atoms with Gasteiger partial charge in [0.05, 0.1) is 11.2 Å². The van der Waals surface area contributed by atoms with E-state index in [9.17, 15) is 14.3 Å². The van der Waals surface area contributed by atoms with E-state index in [0.717, 1.165) is 11.8 Å². The molecule has 0 atom stereocenters. The number of fused-ring (bicyclic) bond motifs is 1. The van der Waals surface area contributed by atoms with Crippen molar-refractivity contribution in [1.82, 2.24) is 15.0 Å². The molecule has 2 N–H and O–H groups in total. The number of amides is 1. The lowest BCUT2D eigenvalue weighted by Crippen LogP contribution is -2.16. The third-order valence-corrected chi connectivity index (χ3v) is 6.31. The van der Waals surface area contributed by atoms with E-state index < -0.39 is 17.5 Å². The molecule has 0 unspecified atom stereocenters. The molecule has 0 saturated carbocycles. The number of hydrogen-bond acceptors (Lipinski definition) is 6. The normalized spacial score (nSPS) is 11.0. The number of aromatic hydroxyl groups is 1. The van der Waals surface area contributed by atoms with Crippen molar-refractivity contribution >= 4 is 22.6 Å². The number of rotatable bonds is 5. The average Bonchev–Trinajstić information content (AvgIpc) is 2.87. The van der Waals surface area contributed by atoms with Crippen LogP contribution in [0.1, 0.15) is 33.0 Å². The number of ether oxygens (including phenoxy) is 1. The molecule has 0 fully saturated rings. The van der Waals surface area contributed by atoms with E-state index >= 15 is 4.39 Å². The van der Waals surface area contributed by atoms with Crippen LogP contribution in [-0.4, -0.2) is 26.0 Å². The summed E-state index contributed by atoms with van der Waals surface area (Å²) in [4.78, 5) is 26.3. The molecule has 3 heterocycles. The lowest BCUT2D eigenvalue weighted by molar-refractivity contribution is 0.102. The van der Waals surface area contributed by atoms with Crippen LogP contribution in [0.15, 0.2) is 60.8 Å². The van der Waals surface area contributed by atoms with Crippen LogP contribution in [0.25, 0.3) is 22.2 Å². The number of carbonyl (C=O) groups excluding carboxylic acids is 1. The SMILES string of the molecule is Cc1ccc2nccc(Oc3ccc(NC(=O)c4c(C)nc(C)c(-c5ccc(F)cc5C)c4O)cc3F)c2n1. The summed E-state index contributed by atoms with van der Waals surface area (Å²) in [5, 5.41) is 13.7. The summed E-state index contributed by atoms with van der Waals surface area (Å²) in [5.74, 6) is -1.81. The summed E-state index contributed by atoms with van der Waals surface area (Å²) in [5.41, 5.74) is 4.19. The molecule has 7 nitrogen and oxygen atoms in total. The van der Waals surface area contributed by atoms with Crippen LogP contribution in [0.4, 0.5) is 14.5 Å². The molecule has 0 bridgehead atoms. The van der Waals surface area contributed by atoms with Gasteiger partial charge in [-0.1, -0.05) is 6.07 Å². The van der Waals surface area contributed by atoms with Gasteiger partial charge < -0.3 is 15.2 Å². The average molecular weight is 527 g/mol. The van der Waals surface area contributed by atoms with Crippen LogP contribution in [-0.2, 0) is 0 Å². The molecule has 0 saturated heterocycles. The van der Waals surface area contributed by atoms with Gasteiger partial charge in [0.15, 0.2) is 17.3 Å². The fourth-order valence-electron chi connectivity index (χ4n) is 4.49. The van der Waals surface area contributed by atoms with E-state index in [2.05, 4.69) is 20.3 Å². The summed E-state index contributed by atoms with van der Waals surface area (Å²) in [6.45, 7) is 6.83. The van der Waals surface area contributed by atoms with Crippen molar-refractivity contribution in [2.45, 2.75) is 27.7 Å². The Morgan fingerprint density at radius 2 is 1.69 bits per heavy atom. The van der Waals surface area contributed by atoms with Crippen LogP contribution < -0.4 is 10.1 Å². The second-order valence-corrected chi connectivity index (χ2v) is 9.17. The molecule has 0 aliphatic rings. The maximum absolute atomic E-state index is 15.0. The zero-order valence-electron chi connectivity index (χ0n) is 21.6. The molecule has 196 valence electrons. The van der Waals surface area contributed by atoms with Gasteiger partial charge in [-0.05, 0) is 75.2 Å². The van der Waals surface area contributed by atoms with Gasteiger partial charge in [-0.25, -0.2) is 13.8 Å². The van der Waals surface area contributed by atoms with E-state index in [-0.39, 0.29) is 22.7 Å². The fourth-order valence-corrected chi connectivity index (χ4v) is 4.49. The minimum atomic E-state index is -0.712. The van der Waals surface area contributed by atoms with Gasteiger partial charge in [-0.15, -0.1) is 0 Å². The minimum absolute atomic E-state index is 0.0612. The molecule has 0 spiro atoms. The van der Waals surface area contributed by atoms with Crippen LogP contribution in [0.3, 0.4) is 0 Å². The largest absolute Gasteiger partial charge is 0.506 e. The van der Waals surface area contributed by atoms with Crippen LogP contribution >= 0.6 is 0 Å². The third-order valence-electron chi connectivity index (χ3n) is 6.31. The van der Waals surface area contributed by atoms with E-state index in [1.54, 1.807) is 39.1 Å². The van der Waals surface area contributed by atoms with Crippen LogP contribution in [0.5, 0.6) is 17.2 Å². The van der Waals surface area contributed by atoms with Crippen molar-refractivity contribution < 1.29 is 23.4 Å². The van der Waals surface area contributed by atoms with Crippen molar-refractivity contribution in [3.8, 4) is 28.4 Å². The molecule has 0 radical (unpaired) electrons. The zero-order valence-corrected chi connectivity index (χ0v) is 21.6. The number of aromatic nitrogens is 3. The first-order valence-electron chi connectivity index (χ1n) is 12.1. The van der Waals surface area contributed by atoms with Gasteiger partial charge >= 0.3 is 0 Å². The van der Waals surface area contributed by atoms with Crippen molar-refractivity contribution in [2.75, 3.05) is 5.32 Å². The number of hydrogen-bond donors (Lipinski definition) is 2. The summed E-state index contributed by atoms with van der Waals surface area (Å²) >= 11 is 0. The Morgan fingerprint density at radius 3 is 2.44 bits per heavy atom. The maximum Gasteiger partial charge on any atom is 0.261 e. The molecule has 5 aromatic rings. The standard InChI is InChI=1S/C30H24F2N4O3/c1-15-13-19(31)6-8-21(15)26-17(3)35-18(4)27(29(26)37)30(38)36-20-7-10-24(22(32)14-20)39-25-11-12-33-23-9-5-16(2)34-28(23)25/h5-14H,1-4H3,(H,35,37)(H,36,38). The Balaban J connectivity index is 1.43. The van der Waals surface area contributed by atoms with Crippen molar-refractivity contribution in [2.24, 2.45) is 0 Å². The number of benzene rings is 2. The van der Waals surface area contributed by atoms with Gasteiger partial charge in [-0.3, -0.25) is 14.8 Å². The Bertz CT molecular complexity index is 1770. The number of aryl methyl sites for hydroxylation is 4. The maximum atomic E-state index is 15.0. The lowest BCUT2D eigenvalue weighted by atomic mass is 9.95. The highest BCUT2D eigenvalue weighted by Gasteiger charge is 2.23. The lowest BCUT2D eigenvalue weighted by Gasteiger charge is -2.17. The second kappa shape index (κ2) is 10.1. The second-order valence-electron chi connectivity index (χ2n) is 9.17. The first kappa shape index (κ1) is 25.7. The summed E-state index contributed by atoms with van der Waals surface area (Å²) in [6.07, 6.45) is 1.55. The molecular weight excluding hydrogens is 502 g/mol. The number of anilines is 1. The highest BCUT2D eigenvalue weighted by molar-refractivity contribution is 6.08. The first-order valence-corrected chi connectivity index (χ1v) is 12.1. The van der Waals surface area contributed by atoms with E-state index in [0.29, 0.717) is 44.9 Å². The topological polar surface area (TPSA) is 97.2 Å². The molecule has 39 heavy (non-hydrogen) atoms. The smallest absolute Gasteiger partial charge is 0.261 e. The van der Waals surface area contributed by atoms with Crippen molar-refractivity contribution in [3.63, 3.8) is 0 Å². The predicted octanol–water partition coefficient (Wildman–Crippen LogP) is 6.95. The Kier molecular flexibility index (Phi) is 6.66. The molecular formula is C30H24F2N4O3. The monoisotopic (exact) mass is 526 g/mol. The van der Waals surface area contributed by atoms with E-state index in [1.165, 1.54) is 30.3 Å². The van der Waals surface area contributed by atoms with E-state index in [1.807, 2.05) is 13.0 Å². The first-order chi connectivity index (χ1) is 18.6. The Morgan fingerprint density at radius 1 is 0.897 bits per heavy atom. The van der Waals surface area contributed by atoms with Crippen molar-refractivity contribution in [3.05, 3.63) is 101 Å². The summed E-state index contributed by atoms with van der Waals surface area (Å²) < 4.78 is 34.5. The highest BCUT2D eigenvalue weighted by atomic mass is 19.1. The van der Waals surface area contributed by atoms with Gasteiger partial charge in [-0.2, -0.15) is 0 Å². The van der Waals surface area contributed by atoms with Crippen molar-refractivity contribution in [1.29, 1.82) is 0 Å². The molecule has 0 aliphatic carbocycles. The molecule has 2 aromatic carbocycles. The summed E-state index contributed by atoms with van der Waals surface area (Å²) in [6, 6.07) is 13.4. The van der Waals surface area contributed by atoms with Gasteiger partial charge in [0, 0.05) is 41.0 Å². The number of halogens is 2. The highest BCUT2D eigenvalue weighted by Crippen LogP contribution is 2.38. The fraction of sp³-hybridized carbons (Fsp3) is 0.133. The Hall–Kier alpha value is -4.92. The third kappa shape index (κ3) is 4.98. The minimum Gasteiger partial charge on any atom is -0.506 e. The number of nitrogens with one attached hydrogen (secondary N) is 1. The van der Waals surface area contributed by atoms with Gasteiger partial charge in [0.1, 0.15) is 22.6 Å². The number of carbonyl (C=O) groups is 1. The molecule has 9 heteroatoms. The number of pyridine rings is 3. The zero-order chi connectivity index (χ0) is 27.8. The van der Waals surface area contributed by atoms with E-state index in [4.69, 9.17) is 4.74 Å². The molecule has 0 aliphatic heterocycles. The van der Waals surface area contributed by atoms with Gasteiger partial charge in [0.2, 0.25) is 0 Å². The summed E-state index contributed by atoms with van der Waals surface area (Å²) in [7, 11) is 0. The van der Waals surface area contributed by atoms with Gasteiger partial charge in [0.25, 0.3) is 5.91 Å². The van der Waals surface area contributed by atoms with Crippen LogP contribution in [0.2, 0.25) is 0 Å².